The molecule has 0 aromatic carbocycles. The Morgan fingerprint density at radius 2 is 0.954 bits per heavy atom. The van der Waals surface area contributed by atoms with E-state index in [1.165, 1.54) is 75.9 Å². The average molecular weight is 1230 g/mol. The third-order valence-corrected chi connectivity index (χ3v) is 16.2. The smallest absolute Gasteiger partial charge is 0.246 e. The van der Waals surface area contributed by atoms with E-state index in [4.69, 9.17) is 0 Å². The van der Waals surface area contributed by atoms with E-state index in [1.807, 2.05) is 66.6 Å². The molecule has 2 unspecified atom stereocenters. The molecule has 1 rings (SSSR count). The first-order valence-corrected chi connectivity index (χ1v) is 31.3. The van der Waals surface area contributed by atoms with Crippen molar-refractivity contribution < 1.29 is 57.8 Å². The Hall–Kier alpha value is -6.17. The highest BCUT2D eigenvalue weighted by molar-refractivity contribution is 5.99. The third-order valence-electron chi connectivity index (χ3n) is 16.2. The summed E-state index contributed by atoms with van der Waals surface area (Å²) >= 11 is 0. The Morgan fingerprint density at radius 3 is 1.40 bits per heavy atom. The first kappa shape index (κ1) is 78.8. The second-order valence-corrected chi connectivity index (χ2v) is 26.4. The Kier molecular flexibility index (Phi) is 33.5. The van der Waals surface area contributed by atoms with Crippen LogP contribution in [0.3, 0.4) is 0 Å². The van der Waals surface area contributed by atoms with Gasteiger partial charge in [-0.15, -0.1) is 0 Å². The predicted molar refractivity (Wildman–Crippen MR) is 337 cm³/mol. The summed E-state index contributed by atoms with van der Waals surface area (Å²) < 4.78 is 0. The number of hydrogen-bond donors (Lipinski definition) is 5. The van der Waals surface area contributed by atoms with Gasteiger partial charge in [-0.3, -0.25) is 52.7 Å². The second-order valence-electron chi connectivity index (χ2n) is 26.4. The summed E-state index contributed by atoms with van der Waals surface area (Å²) in [5.41, 5.74) is 0. The molecule has 1 aliphatic rings. The number of aliphatic hydroxyl groups excluding tert-OH is 1. The number of nitrogens with zero attached hydrogens (tertiary/aromatic N) is 8. The van der Waals surface area contributed by atoms with Gasteiger partial charge in [-0.2, -0.15) is 0 Å². The number of amides is 11. The number of allylic oxidation sites excluding steroid dienone is 2. The molecule has 24 heteroatoms. The van der Waals surface area contributed by atoms with Crippen LogP contribution in [-0.2, 0) is 52.7 Å². The van der Waals surface area contributed by atoms with E-state index in [9.17, 15) is 53.1 Å². The maximum Gasteiger partial charge on any atom is 0.246 e. The molecule has 0 aromatic heterocycles. The lowest BCUT2D eigenvalue weighted by atomic mass is 9.91. The molecule has 1 heterocycles. The van der Waals surface area contributed by atoms with Gasteiger partial charge in [0.1, 0.15) is 54.4 Å². The highest BCUT2D eigenvalue weighted by atomic mass is 16.3. The second kappa shape index (κ2) is 37.0. The summed E-state index contributed by atoms with van der Waals surface area (Å²) in [5.74, 6) is -9.52. The van der Waals surface area contributed by atoms with Crippen LogP contribution < -0.4 is 21.3 Å². The van der Waals surface area contributed by atoms with Crippen LogP contribution in [0.5, 0.6) is 0 Å². The molecular weight excluding hydrogens is 1120 g/mol. The zero-order valence-corrected chi connectivity index (χ0v) is 57.2. The molecule has 498 valence electrons. The minimum absolute atomic E-state index is 0.0926. The summed E-state index contributed by atoms with van der Waals surface area (Å²) in [7, 11) is 13.6. The first-order chi connectivity index (χ1) is 40.3. The van der Waals surface area contributed by atoms with Crippen LogP contribution in [0, 0.1) is 35.5 Å². The number of nitrogens with one attached hydrogen (secondary N) is 4. The van der Waals surface area contributed by atoms with Gasteiger partial charge in [-0.25, -0.2) is 0 Å². The highest BCUT2D eigenvalue weighted by Gasteiger charge is 2.45. The highest BCUT2D eigenvalue weighted by Crippen LogP contribution is 2.24. The Labute approximate surface area is 521 Å². The summed E-state index contributed by atoms with van der Waals surface area (Å²) in [5, 5.41) is 23.3. The molecular formula is C63H114N12O12. The van der Waals surface area contributed by atoms with Crippen molar-refractivity contribution in [2.45, 2.75) is 209 Å². The third kappa shape index (κ3) is 23.7. The largest absolute Gasteiger partial charge is 0.390 e. The van der Waals surface area contributed by atoms with Crippen LogP contribution in [0.15, 0.2) is 12.2 Å². The van der Waals surface area contributed by atoms with Crippen LogP contribution in [0.4, 0.5) is 0 Å². The van der Waals surface area contributed by atoms with Crippen molar-refractivity contribution in [2.24, 2.45) is 35.5 Å². The molecule has 0 saturated carbocycles. The van der Waals surface area contributed by atoms with Gasteiger partial charge in [-0.05, 0) is 115 Å². The molecule has 1 aliphatic heterocycles. The normalized spacial score (nSPS) is 25.7. The zero-order chi connectivity index (χ0) is 67.2. The Bertz CT molecular complexity index is 2350. The molecule has 0 radical (unpaired) electrons. The van der Waals surface area contributed by atoms with Crippen molar-refractivity contribution in [3.05, 3.63) is 12.2 Å². The lowest BCUT2D eigenvalue weighted by molar-refractivity contribution is -0.156. The van der Waals surface area contributed by atoms with Crippen molar-refractivity contribution >= 4 is 65.0 Å². The van der Waals surface area contributed by atoms with Crippen LogP contribution >= 0.6 is 0 Å². The average Bonchev–Trinajstić information content (AvgIpc) is 1.83. The van der Waals surface area contributed by atoms with Gasteiger partial charge in [0, 0.05) is 49.3 Å². The molecule has 0 bridgehead atoms. The minimum Gasteiger partial charge on any atom is -0.390 e. The van der Waals surface area contributed by atoms with E-state index >= 15 is 4.79 Å². The van der Waals surface area contributed by atoms with E-state index in [0.717, 1.165) is 14.7 Å². The van der Waals surface area contributed by atoms with E-state index in [2.05, 4.69) is 21.3 Å². The fourth-order valence-corrected chi connectivity index (χ4v) is 10.8. The topological polar surface area (TPSA) is 282 Å². The molecule has 11 amide bonds. The maximum atomic E-state index is 15.1. The molecule has 1 saturated heterocycles. The lowest BCUT2D eigenvalue weighted by Gasteiger charge is -2.41. The van der Waals surface area contributed by atoms with Crippen LogP contribution in [0.1, 0.15) is 148 Å². The van der Waals surface area contributed by atoms with Gasteiger partial charge < -0.3 is 65.6 Å². The van der Waals surface area contributed by atoms with E-state index < -0.39 is 156 Å². The van der Waals surface area contributed by atoms with Crippen molar-refractivity contribution in [1.82, 2.24) is 60.5 Å². The molecule has 5 N–H and O–H groups in total. The monoisotopic (exact) mass is 1230 g/mol. The maximum absolute atomic E-state index is 15.1. The summed E-state index contributed by atoms with van der Waals surface area (Å²) in [6, 6.07) is -11.1. The van der Waals surface area contributed by atoms with Crippen molar-refractivity contribution in [3.8, 4) is 0 Å². The van der Waals surface area contributed by atoms with E-state index in [1.54, 1.807) is 54.5 Å². The molecule has 0 spiro atoms. The summed E-state index contributed by atoms with van der Waals surface area (Å²) in [6.45, 7) is 24.4. The number of aliphatic hydroxyl groups is 1. The zero-order valence-electron chi connectivity index (χ0n) is 57.2. The fraction of sp³-hybridized carbons (Fsp3) is 0.794. The number of hydrogen-bond acceptors (Lipinski definition) is 13. The Balaban J connectivity index is 4.32. The van der Waals surface area contributed by atoms with Gasteiger partial charge >= 0.3 is 0 Å². The lowest BCUT2D eigenvalue weighted by Crippen LogP contribution is -2.63. The molecule has 0 aliphatic carbocycles. The molecule has 0 aromatic rings. The van der Waals surface area contributed by atoms with Crippen LogP contribution in [0.2, 0.25) is 0 Å². The number of carbonyl (C=O) groups excluding carboxylic acids is 11. The van der Waals surface area contributed by atoms with Gasteiger partial charge in [0.15, 0.2) is 0 Å². The van der Waals surface area contributed by atoms with Gasteiger partial charge in [-0.1, -0.05) is 102 Å². The predicted octanol–water partition coefficient (Wildman–Crippen LogP) is 2.57. The van der Waals surface area contributed by atoms with Crippen molar-refractivity contribution in [1.29, 1.82) is 0 Å². The summed E-state index contributed by atoms with van der Waals surface area (Å²) in [4.78, 5) is 171. The van der Waals surface area contributed by atoms with Crippen LogP contribution in [0.25, 0.3) is 0 Å². The van der Waals surface area contributed by atoms with Crippen molar-refractivity contribution in [3.63, 3.8) is 0 Å². The van der Waals surface area contributed by atoms with Gasteiger partial charge in [0.25, 0.3) is 0 Å². The first-order valence-electron chi connectivity index (χ1n) is 31.3. The van der Waals surface area contributed by atoms with E-state index in [0.29, 0.717) is 25.8 Å². The van der Waals surface area contributed by atoms with Gasteiger partial charge in [0.05, 0.1) is 19.2 Å². The van der Waals surface area contributed by atoms with Gasteiger partial charge in [0.2, 0.25) is 65.0 Å². The SMILES string of the molecule is C/C=C/C[C@@H](C)[C@@H](O)C1C(=O)N[C@@H](CCC)C(=O)N(C)CC(=O)N(C)[C@@H](CC(C)C)C(=O)N[C@@H](C(C)C)C(=O)N(C)[C@H](CC(C)C)C(=O)N[C@@H](C)C(=O)NC(CCCN(C)C)C(=O)N(C)CC(=O)N(C)[C@H](CC(C)C)C(=O)N(C)[C@@H](C(C)C)C(=O)N1C. The van der Waals surface area contributed by atoms with E-state index in [-0.39, 0.29) is 49.9 Å². The number of likely N-dealkylation sites (N-methyl/N-ethyl adjacent to an activating group) is 7. The number of rotatable bonds is 18. The molecule has 87 heavy (non-hydrogen) atoms. The Morgan fingerprint density at radius 1 is 0.517 bits per heavy atom. The minimum atomic E-state index is -1.61. The molecule has 24 nitrogen and oxygen atoms in total. The van der Waals surface area contributed by atoms with Crippen molar-refractivity contribution in [2.75, 3.05) is 83.1 Å². The fourth-order valence-electron chi connectivity index (χ4n) is 10.8. The quantitative estimate of drug-likeness (QED) is 0.124. The number of carbonyl (C=O) groups is 11. The standard InChI is InChI=1S/C63H114N12O12/c1-24-26-29-42(13)54(78)53-58(82)66-44(28-25-2)59(83)69(17)35-49(76)71(19)46(32-37(3)4)57(81)67-51(40(9)10)62(86)73(21)47(33-38(5)6)56(80)64-43(14)55(79)65-45(30-27-31-68(15)16)60(84)70(18)36-50(77)72(20)48(34-39(7)8)61(85)74(22)52(41(11)12)63(87)75(53)23/h24,26,37-48,51-54,78H,25,27-36H2,1-23H3,(H,64,80)(H,65,79)(H,66,82)(H,67,81)/b26-24+/t42-,43+,44+,45?,46+,47-,48-,51+,52+,53?,54-/m1/s1. The summed E-state index contributed by atoms with van der Waals surface area (Å²) in [6.07, 6.45) is 3.95. The van der Waals surface area contributed by atoms with Crippen LogP contribution in [-0.4, -0.2) is 253 Å². The molecule has 1 fully saturated rings. The molecule has 11 atom stereocenters.